The van der Waals surface area contributed by atoms with Crippen molar-refractivity contribution in [2.75, 3.05) is 40.8 Å². The van der Waals surface area contributed by atoms with Gasteiger partial charge in [-0.2, -0.15) is 0 Å². The lowest BCUT2D eigenvalue weighted by Crippen LogP contribution is -2.32. The van der Waals surface area contributed by atoms with E-state index in [-0.39, 0.29) is 5.91 Å². The molecule has 0 aromatic rings. The Morgan fingerprint density at radius 1 is 1.25 bits per heavy atom. The average Bonchev–Trinajstić information content (AvgIpc) is 2.24. The summed E-state index contributed by atoms with van der Waals surface area (Å²) in [6.07, 6.45) is 2.59. The number of nitrogens with zero attached hydrogens (tertiary/aromatic N) is 2. The molecule has 0 fully saturated rings. The molecule has 1 unspecified atom stereocenters. The molecule has 0 aromatic heterocycles. The molecule has 0 heterocycles. The number of carbonyl (C=O) groups is 1. The number of carbonyl (C=O) groups excluding carboxylic acids is 1. The van der Waals surface area contributed by atoms with E-state index >= 15 is 0 Å². The minimum atomic E-state index is 0.219. The van der Waals surface area contributed by atoms with Crippen molar-refractivity contribution < 1.29 is 4.79 Å². The van der Waals surface area contributed by atoms with Crippen LogP contribution < -0.4 is 5.73 Å². The Kier molecular flexibility index (Phi) is 8.21. The SMILES string of the molecule is CCC(CN)CC(=O)N(C)CCCN(C)C. The smallest absolute Gasteiger partial charge is 0.222 e. The molecule has 96 valence electrons. The van der Waals surface area contributed by atoms with E-state index in [1.54, 1.807) is 0 Å². The van der Waals surface area contributed by atoms with Gasteiger partial charge in [0.2, 0.25) is 5.91 Å². The average molecular weight is 229 g/mol. The zero-order valence-electron chi connectivity index (χ0n) is 11.2. The van der Waals surface area contributed by atoms with E-state index in [9.17, 15) is 4.79 Å². The Bertz CT molecular complexity index is 191. The van der Waals surface area contributed by atoms with Crippen LogP contribution in [-0.4, -0.2) is 56.5 Å². The zero-order chi connectivity index (χ0) is 12.6. The molecule has 4 heteroatoms. The highest BCUT2D eigenvalue weighted by Gasteiger charge is 2.13. The molecular formula is C12H27N3O. The number of nitrogens with two attached hydrogens (primary N) is 1. The molecule has 0 saturated carbocycles. The summed E-state index contributed by atoms with van der Waals surface area (Å²) >= 11 is 0. The first-order valence-corrected chi connectivity index (χ1v) is 6.10. The third-order valence-corrected chi connectivity index (χ3v) is 2.90. The summed E-state index contributed by atoms with van der Waals surface area (Å²) in [7, 11) is 5.97. The van der Waals surface area contributed by atoms with Crippen molar-refractivity contribution in [1.29, 1.82) is 0 Å². The summed E-state index contributed by atoms with van der Waals surface area (Å²) in [6.45, 7) is 4.54. The van der Waals surface area contributed by atoms with Crippen LogP contribution in [-0.2, 0) is 4.79 Å². The minimum absolute atomic E-state index is 0.219. The lowest BCUT2D eigenvalue weighted by molar-refractivity contribution is -0.130. The zero-order valence-corrected chi connectivity index (χ0v) is 11.2. The Labute approximate surface area is 99.8 Å². The van der Waals surface area contributed by atoms with Gasteiger partial charge in [0.15, 0.2) is 0 Å². The Hall–Kier alpha value is -0.610. The molecule has 0 saturated heterocycles. The van der Waals surface area contributed by atoms with Crippen LogP contribution in [0.2, 0.25) is 0 Å². The highest BCUT2D eigenvalue weighted by molar-refractivity contribution is 5.76. The third kappa shape index (κ3) is 6.80. The van der Waals surface area contributed by atoms with Gasteiger partial charge in [0.05, 0.1) is 0 Å². The first kappa shape index (κ1) is 15.4. The summed E-state index contributed by atoms with van der Waals surface area (Å²) in [5.41, 5.74) is 5.59. The summed E-state index contributed by atoms with van der Waals surface area (Å²) in [6, 6.07) is 0. The van der Waals surface area contributed by atoms with Crippen molar-refractivity contribution >= 4 is 5.91 Å². The maximum atomic E-state index is 11.8. The molecule has 0 aliphatic rings. The van der Waals surface area contributed by atoms with Crippen molar-refractivity contribution in [1.82, 2.24) is 9.80 Å². The van der Waals surface area contributed by atoms with Gasteiger partial charge in [-0.3, -0.25) is 4.79 Å². The predicted molar refractivity (Wildman–Crippen MR) is 68.3 cm³/mol. The van der Waals surface area contributed by atoms with Gasteiger partial charge in [-0.15, -0.1) is 0 Å². The van der Waals surface area contributed by atoms with E-state index in [1.807, 2.05) is 26.0 Å². The molecule has 1 atom stereocenters. The lowest BCUT2D eigenvalue weighted by Gasteiger charge is -2.21. The maximum absolute atomic E-state index is 11.8. The van der Waals surface area contributed by atoms with Crippen molar-refractivity contribution in [3.8, 4) is 0 Å². The van der Waals surface area contributed by atoms with Gasteiger partial charge in [-0.1, -0.05) is 13.3 Å². The van der Waals surface area contributed by atoms with Crippen molar-refractivity contribution in [3.63, 3.8) is 0 Å². The van der Waals surface area contributed by atoms with Crippen LogP contribution in [0.15, 0.2) is 0 Å². The summed E-state index contributed by atoms with van der Waals surface area (Å²) in [5, 5.41) is 0. The van der Waals surface area contributed by atoms with E-state index in [4.69, 9.17) is 5.73 Å². The van der Waals surface area contributed by atoms with Crippen molar-refractivity contribution in [3.05, 3.63) is 0 Å². The van der Waals surface area contributed by atoms with Crippen LogP contribution in [0, 0.1) is 5.92 Å². The second kappa shape index (κ2) is 8.53. The molecule has 0 aliphatic carbocycles. The molecule has 4 nitrogen and oxygen atoms in total. The number of hydrogen-bond acceptors (Lipinski definition) is 3. The molecule has 0 radical (unpaired) electrons. The maximum Gasteiger partial charge on any atom is 0.222 e. The van der Waals surface area contributed by atoms with Crippen LogP contribution in [0.3, 0.4) is 0 Å². The molecule has 0 bridgehead atoms. The molecule has 16 heavy (non-hydrogen) atoms. The van der Waals surface area contributed by atoms with Gasteiger partial charge in [0.25, 0.3) is 0 Å². The van der Waals surface area contributed by atoms with Gasteiger partial charge in [0, 0.05) is 20.0 Å². The standard InChI is InChI=1S/C12H27N3O/c1-5-11(10-13)9-12(16)15(4)8-6-7-14(2)3/h11H,5-10,13H2,1-4H3. The normalized spacial score (nSPS) is 12.9. The first-order valence-electron chi connectivity index (χ1n) is 6.10. The van der Waals surface area contributed by atoms with Gasteiger partial charge in [-0.25, -0.2) is 0 Å². The van der Waals surface area contributed by atoms with E-state index in [1.165, 1.54) is 0 Å². The molecule has 1 amide bonds. The van der Waals surface area contributed by atoms with E-state index in [0.717, 1.165) is 25.9 Å². The van der Waals surface area contributed by atoms with Crippen LogP contribution in [0.25, 0.3) is 0 Å². The Morgan fingerprint density at radius 2 is 1.88 bits per heavy atom. The highest BCUT2D eigenvalue weighted by atomic mass is 16.2. The highest BCUT2D eigenvalue weighted by Crippen LogP contribution is 2.08. The van der Waals surface area contributed by atoms with Crippen molar-refractivity contribution in [2.45, 2.75) is 26.2 Å². The van der Waals surface area contributed by atoms with Crippen molar-refractivity contribution in [2.24, 2.45) is 11.7 Å². The first-order chi connectivity index (χ1) is 7.51. The molecule has 0 rings (SSSR count). The second-order valence-corrected chi connectivity index (χ2v) is 4.69. The summed E-state index contributed by atoms with van der Waals surface area (Å²) < 4.78 is 0. The van der Waals surface area contributed by atoms with Gasteiger partial charge in [0.1, 0.15) is 0 Å². The van der Waals surface area contributed by atoms with Crippen LogP contribution in [0.5, 0.6) is 0 Å². The van der Waals surface area contributed by atoms with Gasteiger partial charge >= 0.3 is 0 Å². The molecule has 0 spiro atoms. The van der Waals surface area contributed by atoms with E-state index < -0.39 is 0 Å². The number of rotatable bonds is 8. The van der Waals surface area contributed by atoms with Gasteiger partial charge < -0.3 is 15.5 Å². The largest absolute Gasteiger partial charge is 0.346 e. The molecule has 2 N–H and O–H groups in total. The Morgan fingerprint density at radius 3 is 2.31 bits per heavy atom. The second-order valence-electron chi connectivity index (χ2n) is 4.69. The summed E-state index contributed by atoms with van der Waals surface area (Å²) in [4.78, 5) is 15.8. The van der Waals surface area contributed by atoms with E-state index in [2.05, 4.69) is 11.8 Å². The minimum Gasteiger partial charge on any atom is -0.346 e. The fraction of sp³-hybridized carbons (Fsp3) is 0.917. The van der Waals surface area contributed by atoms with Crippen LogP contribution in [0.4, 0.5) is 0 Å². The van der Waals surface area contributed by atoms with Crippen LogP contribution >= 0.6 is 0 Å². The molecule has 0 aromatic carbocycles. The van der Waals surface area contributed by atoms with Gasteiger partial charge in [-0.05, 0) is 39.5 Å². The summed E-state index contributed by atoms with van der Waals surface area (Å²) in [5.74, 6) is 0.555. The fourth-order valence-electron chi connectivity index (χ4n) is 1.55. The fourth-order valence-corrected chi connectivity index (χ4v) is 1.55. The molecular weight excluding hydrogens is 202 g/mol. The predicted octanol–water partition coefficient (Wildman–Crippen LogP) is 0.772. The van der Waals surface area contributed by atoms with Crippen LogP contribution in [0.1, 0.15) is 26.2 Å². The third-order valence-electron chi connectivity index (χ3n) is 2.90. The Balaban J connectivity index is 3.80. The quantitative estimate of drug-likeness (QED) is 0.669. The van der Waals surface area contributed by atoms with E-state index in [0.29, 0.717) is 18.9 Å². The number of hydrogen-bond donors (Lipinski definition) is 1. The number of amides is 1. The molecule has 0 aliphatic heterocycles. The monoisotopic (exact) mass is 229 g/mol. The topological polar surface area (TPSA) is 49.6 Å². The lowest BCUT2D eigenvalue weighted by atomic mass is 10.0.